The Morgan fingerprint density at radius 2 is 2.06 bits per heavy atom. The lowest BCUT2D eigenvalue weighted by Crippen LogP contribution is -2.46. The number of amides is 2. The molecule has 162 valence electrons. The van der Waals surface area contributed by atoms with Gasteiger partial charge in [-0.3, -0.25) is 19.2 Å². The van der Waals surface area contributed by atoms with Gasteiger partial charge in [0.2, 0.25) is 5.91 Å². The molecule has 8 nitrogen and oxygen atoms in total. The highest BCUT2D eigenvalue weighted by Gasteiger charge is 2.39. The fourth-order valence-corrected chi connectivity index (χ4v) is 4.28. The minimum absolute atomic E-state index is 0.0104. The molecule has 1 saturated heterocycles. The molecule has 2 aromatic rings. The Labute approximate surface area is 182 Å². The monoisotopic (exact) mass is 420 g/mol. The highest BCUT2D eigenvalue weighted by Crippen LogP contribution is 2.36. The van der Waals surface area contributed by atoms with Gasteiger partial charge >= 0.3 is 0 Å². The van der Waals surface area contributed by atoms with Crippen LogP contribution in [0.4, 0.5) is 5.82 Å². The third-order valence-electron chi connectivity index (χ3n) is 6.34. The molecule has 2 aliphatic rings. The van der Waals surface area contributed by atoms with Gasteiger partial charge in [0.1, 0.15) is 5.56 Å². The Balaban J connectivity index is 1.52. The van der Waals surface area contributed by atoms with Crippen LogP contribution in [0, 0.1) is 24.2 Å². The summed E-state index contributed by atoms with van der Waals surface area (Å²) in [7, 11) is 0. The molecule has 2 heterocycles. The molecule has 8 heteroatoms. The van der Waals surface area contributed by atoms with E-state index in [4.69, 9.17) is 5.73 Å². The largest absolute Gasteiger partial charge is 0.365 e. The number of benzene rings is 1. The fraction of sp³-hybridized carbons (Fsp3) is 0.478. The average molecular weight is 421 g/mol. The second-order valence-electron chi connectivity index (χ2n) is 8.79. The van der Waals surface area contributed by atoms with Gasteiger partial charge in [-0.15, -0.1) is 0 Å². The number of carbonyl (C=O) groups is 2. The van der Waals surface area contributed by atoms with Gasteiger partial charge in [-0.2, -0.15) is 10.4 Å². The summed E-state index contributed by atoms with van der Waals surface area (Å²) < 4.78 is 1.70. The van der Waals surface area contributed by atoms with E-state index in [1.54, 1.807) is 10.9 Å². The van der Waals surface area contributed by atoms with Crippen LogP contribution in [0.1, 0.15) is 53.6 Å². The first-order valence-corrected chi connectivity index (χ1v) is 10.8. The van der Waals surface area contributed by atoms with Crippen LogP contribution in [0.5, 0.6) is 0 Å². The van der Waals surface area contributed by atoms with E-state index in [1.807, 2.05) is 0 Å². The van der Waals surface area contributed by atoms with Gasteiger partial charge in [0.05, 0.1) is 18.0 Å². The van der Waals surface area contributed by atoms with Crippen LogP contribution >= 0.6 is 0 Å². The van der Waals surface area contributed by atoms with E-state index in [9.17, 15) is 14.9 Å². The van der Waals surface area contributed by atoms with Crippen molar-refractivity contribution in [1.29, 1.82) is 5.26 Å². The maximum Gasteiger partial charge on any atom is 0.254 e. The highest BCUT2D eigenvalue weighted by molar-refractivity contribution is 6.02. The minimum atomic E-state index is -0.638. The Kier molecular flexibility index (Phi) is 5.79. The van der Waals surface area contributed by atoms with Crippen molar-refractivity contribution in [2.75, 3.05) is 18.4 Å². The quantitative estimate of drug-likeness (QED) is 0.714. The minimum Gasteiger partial charge on any atom is -0.365 e. The van der Waals surface area contributed by atoms with E-state index in [1.165, 1.54) is 11.1 Å². The summed E-state index contributed by atoms with van der Waals surface area (Å²) in [5.41, 5.74) is 7.72. The maximum absolute atomic E-state index is 12.2. The number of nitrogens with one attached hydrogen (secondary N) is 1. The first-order chi connectivity index (χ1) is 14.9. The number of likely N-dealkylation sites (tertiary alicyclic amines) is 1. The molecular formula is C23H28N6O2. The van der Waals surface area contributed by atoms with Crippen LogP contribution < -0.4 is 11.1 Å². The zero-order valence-electron chi connectivity index (χ0n) is 17.8. The molecule has 31 heavy (non-hydrogen) atoms. The number of piperidine rings is 1. The number of nitrogens with zero attached hydrogens (tertiary/aromatic N) is 4. The van der Waals surface area contributed by atoms with Crippen LogP contribution in [-0.2, 0) is 16.9 Å². The van der Waals surface area contributed by atoms with Gasteiger partial charge < -0.3 is 11.1 Å². The van der Waals surface area contributed by atoms with Gasteiger partial charge in [-0.25, -0.2) is 0 Å². The molecule has 0 spiro atoms. The molecule has 2 amide bonds. The van der Waals surface area contributed by atoms with Crippen LogP contribution in [0.2, 0.25) is 0 Å². The summed E-state index contributed by atoms with van der Waals surface area (Å²) in [6.07, 6.45) is 5.03. The molecule has 0 radical (unpaired) electrons. The third kappa shape index (κ3) is 4.62. The molecule has 1 aliphatic carbocycles. The zero-order valence-corrected chi connectivity index (χ0v) is 17.8. The van der Waals surface area contributed by atoms with Gasteiger partial charge in [0, 0.05) is 31.7 Å². The van der Waals surface area contributed by atoms with Crippen LogP contribution in [-0.4, -0.2) is 39.6 Å². The maximum atomic E-state index is 12.2. The van der Waals surface area contributed by atoms with Crippen molar-refractivity contribution in [3.8, 4) is 6.07 Å². The first-order valence-electron chi connectivity index (χ1n) is 10.8. The molecule has 4 rings (SSSR count). The predicted molar refractivity (Wildman–Crippen MR) is 116 cm³/mol. The SMILES string of the molecule is Cc1cccc(CN2CCC(CC#N)(n3cc(C(N)=O)c(NC(=O)C4CC4)n3)CC2)c1. The summed E-state index contributed by atoms with van der Waals surface area (Å²) >= 11 is 0. The Morgan fingerprint density at radius 1 is 1.32 bits per heavy atom. The number of primary amides is 1. The molecule has 2 fully saturated rings. The molecule has 1 aromatic heterocycles. The van der Waals surface area contributed by atoms with Crippen molar-refractivity contribution in [2.24, 2.45) is 11.7 Å². The normalized spacial score (nSPS) is 18.3. The molecule has 1 saturated carbocycles. The van der Waals surface area contributed by atoms with Gasteiger partial charge in [-0.05, 0) is 38.2 Å². The van der Waals surface area contributed by atoms with Crippen molar-refractivity contribution in [1.82, 2.24) is 14.7 Å². The Hall–Kier alpha value is -3.18. The van der Waals surface area contributed by atoms with Crippen molar-refractivity contribution < 1.29 is 9.59 Å². The lowest BCUT2D eigenvalue weighted by atomic mass is 9.84. The van der Waals surface area contributed by atoms with E-state index >= 15 is 0 Å². The number of anilines is 1. The summed E-state index contributed by atoms with van der Waals surface area (Å²) in [6, 6.07) is 10.8. The molecule has 0 atom stereocenters. The third-order valence-corrected chi connectivity index (χ3v) is 6.34. The first kappa shape index (κ1) is 21.1. The predicted octanol–water partition coefficient (Wildman–Crippen LogP) is 2.54. The van der Waals surface area contributed by atoms with E-state index in [0.717, 1.165) is 45.3 Å². The Bertz CT molecular complexity index is 1020. The van der Waals surface area contributed by atoms with E-state index in [2.05, 4.69) is 52.6 Å². The summed E-state index contributed by atoms with van der Waals surface area (Å²) in [5, 5.41) is 16.8. The molecule has 1 aliphatic heterocycles. The number of nitrogens with two attached hydrogens (primary N) is 1. The number of hydrogen-bond donors (Lipinski definition) is 2. The summed E-state index contributed by atoms with van der Waals surface area (Å²) in [6.45, 7) is 4.57. The average Bonchev–Trinajstić information content (AvgIpc) is 3.50. The van der Waals surface area contributed by atoms with Crippen molar-refractivity contribution >= 4 is 17.6 Å². The van der Waals surface area contributed by atoms with E-state index in [-0.39, 0.29) is 29.6 Å². The van der Waals surface area contributed by atoms with Crippen LogP contribution in [0.15, 0.2) is 30.5 Å². The molecule has 0 bridgehead atoms. The van der Waals surface area contributed by atoms with Gasteiger partial charge in [0.15, 0.2) is 5.82 Å². The number of nitriles is 1. The van der Waals surface area contributed by atoms with Crippen LogP contribution in [0.25, 0.3) is 0 Å². The molecule has 0 unspecified atom stereocenters. The number of aryl methyl sites for hydroxylation is 1. The lowest BCUT2D eigenvalue weighted by molar-refractivity contribution is -0.117. The van der Waals surface area contributed by atoms with Gasteiger partial charge in [0.25, 0.3) is 5.91 Å². The van der Waals surface area contributed by atoms with Crippen molar-refractivity contribution in [2.45, 2.75) is 51.1 Å². The van der Waals surface area contributed by atoms with Crippen LogP contribution in [0.3, 0.4) is 0 Å². The second kappa shape index (κ2) is 8.52. The number of aromatic nitrogens is 2. The smallest absolute Gasteiger partial charge is 0.254 e. The molecule has 1 aromatic carbocycles. The molecule has 3 N–H and O–H groups in total. The van der Waals surface area contributed by atoms with E-state index in [0.29, 0.717) is 0 Å². The molecular weight excluding hydrogens is 392 g/mol. The van der Waals surface area contributed by atoms with Crippen molar-refractivity contribution in [3.05, 3.63) is 47.2 Å². The number of carbonyl (C=O) groups excluding carboxylic acids is 2. The summed E-state index contributed by atoms with van der Waals surface area (Å²) in [4.78, 5) is 26.6. The standard InChI is InChI=1S/C23H28N6O2/c1-16-3-2-4-17(13-16)14-28-11-8-23(7-10-24,9-12-28)29-15-19(20(25)30)21(27-29)26-22(31)18-5-6-18/h2-4,13,15,18H,5-9,11-12,14H2,1H3,(H2,25,30)(H,26,27,31). The second-order valence-corrected chi connectivity index (χ2v) is 8.79. The highest BCUT2D eigenvalue weighted by atomic mass is 16.2. The number of rotatable bonds is 7. The van der Waals surface area contributed by atoms with Crippen molar-refractivity contribution in [3.63, 3.8) is 0 Å². The Morgan fingerprint density at radius 3 is 2.68 bits per heavy atom. The zero-order chi connectivity index (χ0) is 22.0. The van der Waals surface area contributed by atoms with Gasteiger partial charge in [-0.1, -0.05) is 29.8 Å². The lowest BCUT2D eigenvalue weighted by Gasteiger charge is -2.40. The summed E-state index contributed by atoms with van der Waals surface area (Å²) in [5.74, 6) is -0.580. The number of hydrogen-bond acceptors (Lipinski definition) is 5. The topological polar surface area (TPSA) is 117 Å². The fourth-order valence-electron chi connectivity index (χ4n) is 4.28. The van der Waals surface area contributed by atoms with E-state index < -0.39 is 11.4 Å².